The lowest BCUT2D eigenvalue weighted by molar-refractivity contribution is -0.137. The quantitative estimate of drug-likeness (QED) is 0.780. The molecule has 1 aromatic rings. The van der Waals surface area contributed by atoms with Gasteiger partial charge >= 0.3 is 5.97 Å². The Labute approximate surface area is 138 Å². The number of hydrogen-bond donors (Lipinski definition) is 1. The lowest BCUT2D eigenvalue weighted by atomic mass is 9.85. The average Bonchev–Trinajstić information content (AvgIpc) is 2.47. The van der Waals surface area contributed by atoms with Gasteiger partial charge in [0.05, 0.1) is 12.7 Å². The van der Waals surface area contributed by atoms with Crippen LogP contribution in [0, 0.1) is 0 Å². The van der Waals surface area contributed by atoms with E-state index in [9.17, 15) is 18.3 Å². The molecule has 2 rings (SSSR count). The molecule has 122 valence electrons. The van der Waals surface area contributed by atoms with E-state index in [1.165, 1.54) is 4.31 Å². The van der Waals surface area contributed by atoms with Gasteiger partial charge in [-0.1, -0.05) is 28.1 Å². The number of carbonyl (C=O) groups is 1. The first-order valence-electron chi connectivity index (χ1n) is 6.80. The molecule has 0 amide bonds. The number of carbonyl (C=O) groups excluding carboxylic acids is 1. The van der Waals surface area contributed by atoms with Crippen LogP contribution in [-0.2, 0) is 25.2 Å². The molecule has 0 unspecified atom stereocenters. The zero-order valence-corrected chi connectivity index (χ0v) is 14.6. The Bertz CT molecular complexity index is 636. The molecule has 1 aromatic carbocycles. The van der Waals surface area contributed by atoms with E-state index < -0.39 is 27.3 Å². The highest BCUT2D eigenvalue weighted by atomic mass is 79.9. The third kappa shape index (κ3) is 3.87. The number of aliphatic hydroxyl groups is 1. The molecular formula is C14H18BrNO5S. The van der Waals surface area contributed by atoms with Crippen molar-refractivity contribution in [1.82, 2.24) is 4.31 Å². The van der Waals surface area contributed by atoms with Crippen LogP contribution >= 0.6 is 15.9 Å². The fourth-order valence-electron chi connectivity index (χ4n) is 2.48. The molecule has 22 heavy (non-hydrogen) atoms. The minimum absolute atomic E-state index is 0.173. The molecule has 0 aromatic heterocycles. The van der Waals surface area contributed by atoms with Crippen molar-refractivity contribution in [3.8, 4) is 0 Å². The molecule has 8 heteroatoms. The van der Waals surface area contributed by atoms with E-state index in [0.717, 1.165) is 17.1 Å². The largest absolute Gasteiger partial charge is 0.468 e. The Morgan fingerprint density at radius 2 is 1.86 bits per heavy atom. The van der Waals surface area contributed by atoms with Gasteiger partial charge in [-0.05, 0) is 30.5 Å². The second-order valence-corrected chi connectivity index (χ2v) is 8.15. The van der Waals surface area contributed by atoms with Crippen LogP contribution < -0.4 is 0 Å². The van der Waals surface area contributed by atoms with E-state index in [2.05, 4.69) is 20.7 Å². The zero-order valence-electron chi connectivity index (χ0n) is 12.2. The van der Waals surface area contributed by atoms with Crippen molar-refractivity contribution in [2.24, 2.45) is 0 Å². The van der Waals surface area contributed by atoms with Gasteiger partial charge in [0.25, 0.3) is 0 Å². The van der Waals surface area contributed by atoms with Crippen LogP contribution in [0.4, 0.5) is 0 Å². The van der Waals surface area contributed by atoms with Crippen molar-refractivity contribution in [3.05, 3.63) is 34.3 Å². The summed E-state index contributed by atoms with van der Waals surface area (Å²) < 4.78 is 30.7. The van der Waals surface area contributed by atoms with Crippen molar-refractivity contribution in [2.75, 3.05) is 26.0 Å². The average molecular weight is 392 g/mol. The van der Waals surface area contributed by atoms with Gasteiger partial charge in [0.15, 0.2) is 5.75 Å². The van der Waals surface area contributed by atoms with Gasteiger partial charge in [0, 0.05) is 17.6 Å². The standard InChI is InChI=1S/C14H18BrNO5S/c1-21-13(17)10-22(19,20)16-8-6-14(18,7-9-16)11-2-4-12(15)5-3-11/h2-5,18H,6-10H2,1H3. The molecule has 1 N–H and O–H groups in total. The second-order valence-electron chi connectivity index (χ2n) is 5.27. The summed E-state index contributed by atoms with van der Waals surface area (Å²) in [6, 6.07) is 7.33. The zero-order chi connectivity index (χ0) is 16.4. The molecular weight excluding hydrogens is 374 g/mol. The molecule has 1 aliphatic rings. The van der Waals surface area contributed by atoms with Crippen molar-refractivity contribution in [1.29, 1.82) is 0 Å². The fraction of sp³-hybridized carbons (Fsp3) is 0.500. The van der Waals surface area contributed by atoms with Crippen LogP contribution in [0.5, 0.6) is 0 Å². The molecule has 0 radical (unpaired) electrons. The molecule has 1 heterocycles. The Balaban J connectivity index is 2.06. The predicted molar refractivity (Wildman–Crippen MR) is 84.6 cm³/mol. The lowest BCUT2D eigenvalue weighted by Crippen LogP contribution is -2.46. The maximum absolute atomic E-state index is 12.1. The Kier molecular flexibility index (Phi) is 5.26. The Hall–Kier alpha value is -0.960. The number of nitrogens with zero attached hydrogens (tertiary/aromatic N) is 1. The van der Waals surface area contributed by atoms with Gasteiger partial charge in [-0.25, -0.2) is 12.7 Å². The van der Waals surface area contributed by atoms with Gasteiger partial charge in [0.1, 0.15) is 0 Å². The number of methoxy groups -OCH3 is 1. The summed E-state index contributed by atoms with van der Waals surface area (Å²) >= 11 is 3.34. The van der Waals surface area contributed by atoms with E-state index in [1.54, 1.807) is 0 Å². The highest BCUT2D eigenvalue weighted by molar-refractivity contribution is 9.10. The lowest BCUT2D eigenvalue weighted by Gasteiger charge is -2.37. The second kappa shape index (κ2) is 6.66. The van der Waals surface area contributed by atoms with Crippen LogP contribution in [0.2, 0.25) is 0 Å². The van der Waals surface area contributed by atoms with Crippen LogP contribution in [0.3, 0.4) is 0 Å². The summed E-state index contributed by atoms with van der Waals surface area (Å²) in [7, 11) is -2.54. The van der Waals surface area contributed by atoms with Crippen LogP contribution in [0.1, 0.15) is 18.4 Å². The first-order valence-corrected chi connectivity index (χ1v) is 9.20. The normalized spacial score (nSPS) is 18.9. The maximum atomic E-state index is 12.1. The number of rotatable bonds is 4. The SMILES string of the molecule is COC(=O)CS(=O)(=O)N1CCC(O)(c2ccc(Br)cc2)CC1. The fourth-order valence-corrected chi connectivity index (χ4v) is 4.08. The molecule has 0 saturated carbocycles. The monoisotopic (exact) mass is 391 g/mol. The highest BCUT2D eigenvalue weighted by Gasteiger charge is 2.38. The summed E-state index contributed by atoms with van der Waals surface area (Å²) in [4.78, 5) is 11.2. The molecule has 6 nitrogen and oxygen atoms in total. The number of hydrogen-bond acceptors (Lipinski definition) is 5. The van der Waals surface area contributed by atoms with E-state index in [0.29, 0.717) is 0 Å². The summed E-state index contributed by atoms with van der Waals surface area (Å²) in [5, 5.41) is 10.7. The van der Waals surface area contributed by atoms with Crippen LogP contribution in [-0.4, -0.2) is 49.8 Å². The number of piperidine rings is 1. The molecule has 0 atom stereocenters. The first kappa shape index (κ1) is 17.4. The Morgan fingerprint density at radius 1 is 1.32 bits per heavy atom. The van der Waals surface area contributed by atoms with Crippen molar-refractivity contribution in [3.63, 3.8) is 0 Å². The topological polar surface area (TPSA) is 83.9 Å². The smallest absolute Gasteiger partial charge is 0.322 e. The molecule has 0 aliphatic carbocycles. The molecule has 0 spiro atoms. The first-order chi connectivity index (χ1) is 10.3. The number of esters is 1. The van der Waals surface area contributed by atoms with Gasteiger partial charge in [-0.3, -0.25) is 4.79 Å². The van der Waals surface area contributed by atoms with E-state index in [-0.39, 0.29) is 25.9 Å². The third-order valence-corrected chi connectivity index (χ3v) is 6.13. The molecule has 1 saturated heterocycles. The van der Waals surface area contributed by atoms with Crippen molar-refractivity contribution in [2.45, 2.75) is 18.4 Å². The Morgan fingerprint density at radius 3 is 2.36 bits per heavy atom. The third-order valence-electron chi connectivity index (χ3n) is 3.85. The van der Waals surface area contributed by atoms with Crippen LogP contribution in [0.15, 0.2) is 28.7 Å². The van der Waals surface area contributed by atoms with Gasteiger partial charge in [0.2, 0.25) is 10.0 Å². The van der Waals surface area contributed by atoms with Gasteiger partial charge in [-0.15, -0.1) is 0 Å². The number of ether oxygens (including phenoxy) is 1. The summed E-state index contributed by atoms with van der Waals surface area (Å²) in [6.07, 6.45) is 0.573. The number of benzene rings is 1. The summed E-state index contributed by atoms with van der Waals surface area (Å²) in [5.74, 6) is -1.45. The highest BCUT2D eigenvalue weighted by Crippen LogP contribution is 2.34. The molecule has 1 aliphatic heterocycles. The van der Waals surface area contributed by atoms with E-state index in [1.807, 2.05) is 24.3 Å². The maximum Gasteiger partial charge on any atom is 0.322 e. The van der Waals surface area contributed by atoms with Crippen LogP contribution in [0.25, 0.3) is 0 Å². The van der Waals surface area contributed by atoms with Gasteiger partial charge in [-0.2, -0.15) is 0 Å². The minimum Gasteiger partial charge on any atom is -0.468 e. The van der Waals surface area contributed by atoms with Crippen molar-refractivity contribution < 1.29 is 23.1 Å². The van der Waals surface area contributed by atoms with E-state index >= 15 is 0 Å². The van der Waals surface area contributed by atoms with Gasteiger partial charge < -0.3 is 9.84 Å². The molecule has 1 fully saturated rings. The summed E-state index contributed by atoms with van der Waals surface area (Å²) in [6.45, 7) is 0.345. The number of sulfonamides is 1. The van der Waals surface area contributed by atoms with E-state index in [4.69, 9.17) is 0 Å². The minimum atomic E-state index is -3.69. The number of halogens is 1. The predicted octanol–water partition coefficient (Wildman–Crippen LogP) is 1.24. The summed E-state index contributed by atoms with van der Waals surface area (Å²) in [5.41, 5.74) is -0.279. The van der Waals surface area contributed by atoms with Crippen molar-refractivity contribution >= 4 is 31.9 Å². The molecule has 0 bridgehead atoms.